The molecule has 0 aliphatic heterocycles. The Bertz CT molecular complexity index is 991. The molecule has 0 saturated heterocycles. The minimum atomic E-state index is 0.0631. The lowest BCUT2D eigenvalue weighted by molar-refractivity contribution is -0.121. The van der Waals surface area contributed by atoms with Crippen LogP contribution in [0.5, 0.6) is 0 Å². The summed E-state index contributed by atoms with van der Waals surface area (Å²) in [6, 6.07) is 6.43. The standard InChI is InChI=1S/C21H25N5OS/c1-13-22-12-19(28-13)17-9-6-15-11-23-20(10-18(15)24-17)25-21(27)14-4-7-16(8-5-14)26(2)3/h6,9-12,14,16H,4-5,7-8H2,1-3H3,(H,23,25,27)/t14-,16-. The van der Waals surface area contributed by atoms with Crippen molar-refractivity contribution in [2.75, 3.05) is 19.4 Å². The van der Waals surface area contributed by atoms with E-state index in [0.29, 0.717) is 11.9 Å². The van der Waals surface area contributed by atoms with Gasteiger partial charge in [0.15, 0.2) is 0 Å². The third kappa shape index (κ3) is 4.05. The molecule has 28 heavy (non-hydrogen) atoms. The van der Waals surface area contributed by atoms with Gasteiger partial charge >= 0.3 is 0 Å². The Morgan fingerprint density at radius 2 is 1.93 bits per heavy atom. The quantitative estimate of drug-likeness (QED) is 0.719. The van der Waals surface area contributed by atoms with Crippen molar-refractivity contribution in [3.05, 3.63) is 35.6 Å². The van der Waals surface area contributed by atoms with Gasteiger partial charge in [0.2, 0.25) is 5.91 Å². The number of carbonyl (C=O) groups excluding carboxylic acids is 1. The largest absolute Gasteiger partial charge is 0.310 e. The predicted molar refractivity (Wildman–Crippen MR) is 113 cm³/mol. The van der Waals surface area contributed by atoms with E-state index < -0.39 is 0 Å². The lowest BCUT2D eigenvalue weighted by Crippen LogP contribution is -2.35. The van der Waals surface area contributed by atoms with Gasteiger partial charge in [-0.1, -0.05) is 0 Å². The van der Waals surface area contributed by atoms with Crippen LogP contribution < -0.4 is 5.32 Å². The van der Waals surface area contributed by atoms with Gasteiger partial charge in [0.1, 0.15) is 5.82 Å². The number of pyridine rings is 2. The summed E-state index contributed by atoms with van der Waals surface area (Å²) in [5.41, 5.74) is 1.72. The molecule has 3 heterocycles. The number of carbonyl (C=O) groups is 1. The maximum Gasteiger partial charge on any atom is 0.228 e. The molecular weight excluding hydrogens is 370 g/mol. The fourth-order valence-electron chi connectivity index (χ4n) is 3.78. The number of fused-ring (bicyclic) bond motifs is 1. The fraction of sp³-hybridized carbons (Fsp3) is 0.429. The van der Waals surface area contributed by atoms with E-state index in [0.717, 1.165) is 52.2 Å². The van der Waals surface area contributed by atoms with Gasteiger partial charge in [-0.3, -0.25) is 4.79 Å². The molecule has 0 unspecified atom stereocenters. The number of amides is 1. The molecule has 0 bridgehead atoms. The van der Waals surface area contributed by atoms with Crippen molar-refractivity contribution in [3.63, 3.8) is 0 Å². The normalized spacial score (nSPS) is 19.9. The van der Waals surface area contributed by atoms with E-state index in [-0.39, 0.29) is 11.8 Å². The highest BCUT2D eigenvalue weighted by molar-refractivity contribution is 7.15. The fourth-order valence-corrected chi connectivity index (χ4v) is 4.53. The van der Waals surface area contributed by atoms with E-state index in [4.69, 9.17) is 4.98 Å². The van der Waals surface area contributed by atoms with Crippen LogP contribution in [0.25, 0.3) is 21.5 Å². The number of rotatable bonds is 4. The van der Waals surface area contributed by atoms with Gasteiger partial charge in [-0.25, -0.2) is 15.0 Å². The Kier molecular flexibility index (Phi) is 5.37. The van der Waals surface area contributed by atoms with Crippen LogP contribution >= 0.6 is 11.3 Å². The predicted octanol–water partition coefficient (Wildman–Crippen LogP) is 4.12. The highest BCUT2D eigenvalue weighted by Crippen LogP contribution is 2.29. The highest BCUT2D eigenvalue weighted by atomic mass is 32.1. The van der Waals surface area contributed by atoms with Gasteiger partial charge in [-0.2, -0.15) is 0 Å². The molecule has 0 spiro atoms. The third-order valence-electron chi connectivity index (χ3n) is 5.50. The summed E-state index contributed by atoms with van der Waals surface area (Å²) in [6.07, 6.45) is 7.60. The van der Waals surface area contributed by atoms with Crippen LogP contribution in [0.1, 0.15) is 30.7 Å². The van der Waals surface area contributed by atoms with Crippen molar-refractivity contribution >= 4 is 34.0 Å². The summed E-state index contributed by atoms with van der Waals surface area (Å²) in [5, 5.41) is 4.97. The number of aryl methyl sites for hydroxylation is 1. The van der Waals surface area contributed by atoms with E-state index in [2.05, 4.69) is 34.3 Å². The van der Waals surface area contributed by atoms with Crippen LogP contribution in [0.2, 0.25) is 0 Å². The van der Waals surface area contributed by atoms with Crippen molar-refractivity contribution in [3.8, 4) is 10.6 Å². The molecule has 3 aromatic rings. The summed E-state index contributed by atoms with van der Waals surface area (Å²) in [6.45, 7) is 1.98. The van der Waals surface area contributed by atoms with Crippen LogP contribution in [0, 0.1) is 12.8 Å². The lowest BCUT2D eigenvalue weighted by atomic mass is 9.85. The highest BCUT2D eigenvalue weighted by Gasteiger charge is 2.27. The number of aromatic nitrogens is 3. The molecule has 146 valence electrons. The average molecular weight is 396 g/mol. The summed E-state index contributed by atoms with van der Waals surface area (Å²) in [7, 11) is 4.22. The van der Waals surface area contributed by atoms with Crippen LogP contribution in [-0.2, 0) is 4.79 Å². The van der Waals surface area contributed by atoms with E-state index in [1.807, 2.05) is 31.3 Å². The van der Waals surface area contributed by atoms with Crippen molar-refractivity contribution in [2.45, 2.75) is 38.6 Å². The molecule has 1 aliphatic rings. The molecule has 1 fully saturated rings. The molecule has 0 radical (unpaired) electrons. The Balaban J connectivity index is 1.49. The summed E-state index contributed by atoms with van der Waals surface area (Å²) >= 11 is 1.62. The first kappa shape index (κ1) is 19.0. The third-order valence-corrected chi connectivity index (χ3v) is 6.43. The first-order valence-corrected chi connectivity index (χ1v) is 10.5. The zero-order chi connectivity index (χ0) is 19.7. The second-order valence-electron chi connectivity index (χ2n) is 7.66. The van der Waals surface area contributed by atoms with E-state index in [1.54, 1.807) is 17.5 Å². The Morgan fingerprint density at radius 1 is 1.14 bits per heavy atom. The number of nitrogens with one attached hydrogen (secondary N) is 1. The monoisotopic (exact) mass is 395 g/mol. The molecule has 6 nitrogen and oxygen atoms in total. The first-order chi connectivity index (χ1) is 13.5. The van der Waals surface area contributed by atoms with Crippen LogP contribution in [-0.4, -0.2) is 45.9 Å². The van der Waals surface area contributed by atoms with Crippen molar-refractivity contribution < 1.29 is 4.79 Å². The number of hydrogen-bond donors (Lipinski definition) is 1. The zero-order valence-electron chi connectivity index (χ0n) is 16.5. The molecule has 1 amide bonds. The van der Waals surface area contributed by atoms with Gasteiger partial charge in [0.05, 0.1) is 21.1 Å². The van der Waals surface area contributed by atoms with Crippen LogP contribution in [0.3, 0.4) is 0 Å². The Morgan fingerprint density at radius 3 is 2.61 bits per heavy atom. The van der Waals surface area contributed by atoms with Crippen molar-refractivity contribution in [1.82, 2.24) is 19.9 Å². The summed E-state index contributed by atoms with van der Waals surface area (Å²) in [5.74, 6) is 0.698. The summed E-state index contributed by atoms with van der Waals surface area (Å²) in [4.78, 5) is 29.4. The molecule has 7 heteroatoms. The molecule has 0 aromatic carbocycles. The smallest absolute Gasteiger partial charge is 0.228 e. The second-order valence-corrected chi connectivity index (χ2v) is 8.90. The summed E-state index contributed by atoms with van der Waals surface area (Å²) < 4.78 is 0. The topological polar surface area (TPSA) is 71.0 Å². The van der Waals surface area contributed by atoms with Gasteiger partial charge < -0.3 is 10.2 Å². The molecular formula is C21H25N5OS. The lowest BCUT2D eigenvalue weighted by Gasteiger charge is -2.31. The Labute approximate surface area is 169 Å². The minimum Gasteiger partial charge on any atom is -0.310 e. The maximum atomic E-state index is 12.7. The number of thiazole rings is 1. The molecule has 3 aromatic heterocycles. The van der Waals surface area contributed by atoms with Gasteiger partial charge in [0, 0.05) is 35.8 Å². The molecule has 0 atom stereocenters. The van der Waals surface area contributed by atoms with Gasteiger partial charge in [0.25, 0.3) is 0 Å². The maximum absolute atomic E-state index is 12.7. The molecule has 4 rings (SSSR count). The number of anilines is 1. The van der Waals surface area contributed by atoms with Crippen LogP contribution in [0.15, 0.2) is 30.6 Å². The Hall–Kier alpha value is -2.38. The average Bonchev–Trinajstić information content (AvgIpc) is 3.14. The molecule has 1 N–H and O–H groups in total. The minimum absolute atomic E-state index is 0.0631. The second kappa shape index (κ2) is 7.93. The SMILES string of the molecule is Cc1ncc(-c2ccc3cnc(NC(=O)[C@H]4CC[C@H](N(C)C)CC4)cc3n2)s1. The van der Waals surface area contributed by atoms with Gasteiger partial charge in [-0.05, 0) is 58.8 Å². The van der Waals surface area contributed by atoms with E-state index >= 15 is 0 Å². The molecule has 1 saturated carbocycles. The number of nitrogens with zero attached hydrogens (tertiary/aromatic N) is 4. The molecule has 1 aliphatic carbocycles. The first-order valence-electron chi connectivity index (χ1n) is 9.66. The van der Waals surface area contributed by atoms with E-state index in [1.165, 1.54) is 0 Å². The zero-order valence-corrected chi connectivity index (χ0v) is 17.3. The van der Waals surface area contributed by atoms with Crippen LogP contribution in [0.4, 0.5) is 5.82 Å². The van der Waals surface area contributed by atoms with Gasteiger partial charge in [-0.15, -0.1) is 11.3 Å². The van der Waals surface area contributed by atoms with Crippen molar-refractivity contribution in [2.24, 2.45) is 5.92 Å². The van der Waals surface area contributed by atoms with Crippen molar-refractivity contribution in [1.29, 1.82) is 0 Å². The number of hydrogen-bond acceptors (Lipinski definition) is 6. The van der Waals surface area contributed by atoms with E-state index in [9.17, 15) is 4.79 Å².